The monoisotopic (exact) mass is 243 g/mol. The van der Waals surface area contributed by atoms with Gasteiger partial charge in [-0.1, -0.05) is 12.1 Å². The average molecular weight is 243 g/mol. The van der Waals surface area contributed by atoms with Crippen LogP contribution < -0.4 is 16.2 Å². The standard InChI is InChI=1S/C13H13N3O2/c1-8-6-7-9(12(15)17)13(16-8)18-11-5-3-2-4-10(11)14/h2-7H,14H2,1H3,(H2,15,17). The Labute approximate surface area is 104 Å². The lowest BCUT2D eigenvalue weighted by atomic mass is 10.2. The third-order valence-electron chi connectivity index (χ3n) is 2.39. The van der Waals surface area contributed by atoms with Crippen molar-refractivity contribution in [3.8, 4) is 11.6 Å². The van der Waals surface area contributed by atoms with Crippen molar-refractivity contribution in [3.05, 3.63) is 47.7 Å². The lowest BCUT2D eigenvalue weighted by Crippen LogP contribution is -2.13. The Hall–Kier alpha value is -2.56. The third-order valence-corrected chi connectivity index (χ3v) is 2.39. The maximum absolute atomic E-state index is 11.3. The van der Waals surface area contributed by atoms with Gasteiger partial charge in [0.1, 0.15) is 5.56 Å². The number of para-hydroxylation sites is 2. The van der Waals surface area contributed by atoms with Crippen molar-refractivity contribution in [2.45, 2.75) is 6.92 Å². The number of nitrogens with two attached hydrogens (primary N) is 2. The van der Waals surface area contributed by atoms with Crippen molar-refractivity contribution in [3.63, 3.8) is 0 Å². The highest BCUT2D eigenvalue weighted by Crippen LogP contribution is 2.27. The number of nitrogen functional groups attached to an aromatic ring is 1. The molecule has 5 heteroatoms. The highest BCUT2D eigenvalue weighted by atomic mass is 16.5. The summed E-state index contributed by atoms with van der Waals surface area (Å²) in [5.41, 5.74) is 12.5. The number of primary amides is 1. The predicted molar refractivity (Wildman–Crippen MR) is 68.4 cm³/mol. The van der Waals surface area contributed by atoms with Crippen LogP contribution in [-0.4, -0.2) is 10.9 Å². The van der Waals surface area contributed by atoms with Gasteiger partial charge in [-0.3, -0.25) is 4.79 Å². The molecule has 92 valence electrons. The van der Waals surface area contributed by atoms with Gasteiger partial charge in [0.15, 0.2) is 5.75 Å². The van der Waals surface area contributed by atoms with Crippen molar-refractivity contribution in [2.75, 3.05) is 5.73 Å². The lowest BCUT2D eigenvalue weighted by molar-refractivity contribution is 0.0997. The molecule has 0 bridgehead atoms. The van der Waals surface area contributed by atoms with Gasteiger partial charge in [-0.25, -0.2) is 4.98 Å². The van der Waals surface area contributed by atoms with E-state index in [0.29, 0.717) is 11.4 Å². The molecule has 0 atom stereocenters. The number of rotatable bonds is 3. The molecule has 0 fully saturated rings. The van der Waals surface area contributed by atoms with Gasteiger partial charge in [-0.15, -0.1) is 0 Å². The van der Waals surface area contributed by atoms with E-state index in [1.165, 1.54) is 0 Å². The number of pyridine rings is 1. The number of aryl methyl sites for hydroxylation is 1. The molecule has 1 aromatic carbocycles. The number of amides is 1. The quantitative estimate of drug-likeness (QED) is 0.805. The second-order valence-corrected chi connectivity index (χ2v) is 3.81. The van der Waals surface area contributed by atoms with Crippen molar-refractivity contribution < 1.29 is 9.53 Å². The molecule has 0 aliphatic heterocycles. The number of carbonyl (C=O) groups is 1. The van der Waals surface area contributed by atoms with E-state index in [2.05, 4.69) is 4.98 Å². The van der Waals surface area contributed by atoms with Gasteiger partial charge in [-0.05, 0) is 31.2 Å². The summed E-state index contributed by atoms with van der Waals surface area (Å²) in [5.74, 6) is 0.0190. The number of hydrogen-bond donors (Lipinski definition) is 2. The van der Waals surface area contributed by atoms with Crippen LogP contribution in [0, 0.1) is 6.92 Å². The molecule has 18 heavy (non-hydrogen) atoms. The van der Waals surface area contributed by atoms with Crippen LogP contribution in [-0.2, 0) is 0 Å². The fourth-order valence-electron chi connectivity index (χ4n) is 1.48. The van der Waals surface area contributed by atoms with Gasteiger partial charge in [0.25, 0.3) is 5.91 Å². The summed E-state index contributed by atoms with van der Waals surface area (Å²) in [6.45, 7) is 1.80. The molecule has 0 spiro atoms. The first-order valence-electron chi connectivity index (χ1n) is 5.37. The van der Waals surface area contributed by atoms with Crippen LogP contribution in [0.1, 0.15) is 16.1 Å². The fraction of sp³-hybridized carbons (Fsp3) is 0.0769. The second kappa shape index (κ2) is 4.75. The summed E-state index contributed by atoms with van der Waals surface area (Å²) in [5, 5.41) is 0. The molecule has 1 aromatic heterocycles. The largest absolute Gasteiger partial charge is 0.436 e. The number of nitrogens with zero attached hydrogens (tertiary/aromatic N) is 1. The summed E-state index contributed by atoms with van der Waals surface area (Å²) in [4.78, 5) is 15.4. The van der Waals surface area contributed by atoms with Crippen molar-refractivity contribution in [1.82, 2.24) is 4.98 Å². The first kappa shape index (κ1) is 11.9. The van der Waals surface area contributed by atoms with E-state index in [-0.39, 0.29) is 11.4 Å². The van der Waals surface area contributed by atoms with Gasteiger partial charge >= 0.3 is 0 Å². The third kappa shape index (κ3) is 2.40. The Kier molecular flexibility index (Phi) is 3.14. The minimum absolute atomic E-state index is 0.167. The van der Waals surface area contributed by atoms with Crippen LogP contribution in [0.2, 0.25) is 0 Å². The molecule has 0 radical (unpaired) electrons. The summed E-state index contributed by atoms with van der Waals surface area (Å²) in [6, 6.07) is 10.3. The van der Waals surface area contributed by atoms with E-state index in [0.717, 1.165) is 5.69 Å². The summed E-state index contributed by atoms with van der Waals surface area (Å²) in [6.07, 6.45) is 0. The van der Waals surface area contributed by atoms with Crippen LogP contribution in [0.5, 0.6) is 11.6 Å². The zero-order valence-electron chi connectivity index (χ0n) is 9.88. The van der Waals surface area contributed by atoms with Crippen LogP contribution in [0.25, 0.3) is 0 Å². The first-order chi connectivity index (χ1) is 8.58. The van der Waals surface area contributed by atoms with Crippen LogP contribution in [0.3, 0.4) is 0 Å². The minimum atomic E-state index is -0.591. The second-order valence-electron chi connectivity index (χ2n) is 3.81. The molecule has 0 saturated carbocycles. The van der Waals surface area contributed by atoms with Gasteiger partial charge in [0, 0.05) is 5.69 Å². The lowest BCUT2D eigenvalue weighted by Gasteiger charge is -2.10. The molecule has 4 N–H and O–H groups in total. The normalized spacial score (nSPS) is 10.1. The molecule has 1 amide bonds. The summed E-state index contributed by atoms with van der Waals surface area (Å²) < 4.78 is 5.55. The molecule has 0 unspecified atom stereocenters. The molecule has 0 saturated heterocycles. The number of anilines is 1. The Morgan fingerprint density at radius 3 is 2.61 bits per heavy atom. The Morgan fingerprint density at radius 1 is 1.22 bits per heavy atom. The van der Waals surface area contributed by atoms with Crippen LogP contribution >= 0.6 is 0 Å². The van der Waals surface area contributed by atoms with Gasteiger partial charge in [-0.2, -0.15) is 0 Å². The van der Waals surface area contributed by atoms with E-state index in [9.17, 15) is 4.79 Å². The number of hydrogen-bond acceptors (Lipinski definition) is 4. The predicted octanol–water partition coefficient (Wildman–Crippen LogP) is 1.86. The first-order valence-corrected chi connectivity index (χ1v) is 5.37. The molecule has 5 nitrogen and oxygen atoms in total. The maximum Gasteiger partial charge on any atom is 0.254 e. The highest BCUT2D eigenvalue weighted by Gasteiger charge is 2.13. The molecule has 2 aromatic rings. The van der Waals surface area contributed by atoms with Crippen molar-refractivity contribution in [2.24, 2.45) is 5.73 Å². The molecule has 0 aliphatic carbocycles. The summed E-state index contributed by atoms with van der Waals surface area (Å²) >= 11 is 0. The maximum atomic E-state index is 11.3. The Morgan fingerprint density at radius 2 is 1.94 bits per heavy atom. The van der Waals surface area contributed by atoms with E-state index >= 15 is 0 Å². The number of benzene rings is 1. The van der Waals surface area contributed by atoms with Crippen molar-refractivity contribution >= 4 is 11.6 Å². The van der Waals surface area contributed by atoms with Crippen LogP contribution in [0.4, 0.5) is 5.69 Å². The molecule has 2 rings (SSSR count). The zero-order chi connectivity index (χ0) is 13.1. The van der Waals surface area contributed by atoms with Crippen LogP contribution in [0.15, 0.2) is 36.4 Å². The topological polar surface area (TPSA) is 91.2 Å². The van der Waals surface area contributed by atoms with E-state index < -0.39 is 5.91 Å². The molecular weight excluding hydrogens is 230 g/mol. The average Bonchev–Trinajstić information content (AvgIpc) is 2.32. The van der Waals surface area contributed by atoms with Crippen molar-refractivity contribution in [1.29, 1.82) is 0 Å². The van der Waals surface area contributed by atoms with E-state index in [4.69, 9.17) is 16.2 Å². The molecular formula is C13H13N3O2. The number of aromatic nitrogens is 1. The summed E-state index contributed by atoms with van der Waals surface area (Å²) in [7, 11) is 0. The molecule has 0 aliphatic rings. The zero-order valence-corrected chi connectivity index (χ0v) is 9.88. The minimum Gasteiger partial charge on any atom is -0.436 e. The van der Waals surface area contributed by atoms with E-state index in [1.807, 2.05) is 0 Å². The van der Waals surface area contributed by atoms with Gasteiger partial charge < -0.3 is 16.2 Å². The highest BCUT2D eigenvalue weighted by molar-refractivity contribution is 5.95. The van der Waals surface area contributed by atoms with Gasteiger partial charge in [0.05, 0.1) is 5.69 Å². The fourth-order valence-corrected chi connectivity index (χ4v) is 1.48. The van der Waals surface area contributed by atoms with Gasteiger partial charge in [0.2, 0.25) is 5.88 Å². The number of carbonyl (C=O) groups excluding carboxylic acids is 1. The Bertz CT molecular complexity index is 597. The van der Waals surface area contributed by atoms with E-state index in [1.54, 1.807) is 43.3 Å². The smallest absolute Gasteiger partial charge is 0.254 e. The number of ether oxygens (including phenoxy) is 1. The Balaban J connectivity index is 2.42. The molecule has 1 heterocycles. The SMILES string of the molecule is Cc1ccc(C(N)=O)c(Oc2ccccc2N)n1.